The molecule has 3 aliphatic rings. The number of benzene rings is 3. The highest BCUT2D eigenvalue weighted by molar-refractivity contribution is 6.07. The van der Waals surface area contributed by atoms with Crippen LogP contribution in [0.4, 0.5) is 21.9 Å². The van der Waals surface area contributed by atoms with Gasteiger partial charge in [-0.1, -0.05) is 55.5 Å². The van der Waals surface area contributed by atoms with Crippen molar-refractivity contribution in [2.45, 2.75) is 44.5 Å². The van der Waals surface area contributed by atoms with Crippen molar-refractivity contribution in [3.63, 3.8) is 0 Å². The number of amides is 3. The zero-order valence-corrected chi connectivity index (χ0v) is 25.2. The fourth-order valence-electron chi connectivity index (χ4n) is 6.47. The van der Waals surface area contributed by atoms with Gasteiger partial charge in [0.15, 0.2) is 5.60 Å². The van der Waals surface area contributed by atoms with E-state index in [1.807, 2.05) is 24.3 Å². The maximum Gasteiger partial charge on any atom is 0.414 e. The van der Waals surface area contributed by atoms with Crippen LogP contribution in [-0.2, 0) is 39.4 Å². The van der Waals surface area contributed by atoms with E-state index in [2.05, 4.69) is 0 Å². The molecule has 3 aliphatic heterocycles. The van der Waals surface area contributed by atoms with Gasteiger partial charge in [0.1, 0.15) is 6.61 Å². The van der Waals surface area contributed by atoms with E-state index in [1.165, 1.54) is 28.0 Å². The van der Waals surface area contributed by atoms with Crippen LogP contribution in [0.5, 0.6) is 0 Å². The first kappa shape index (κ1) is 30.9. The standard InChI is InChI=1S/C34H34N4O8/c1-22(5-4-8-31(40)36-20-25-7-3-2-6-24(25)17-28(36)21-39)34(43)29-18-27(38(44)45)13-14-30(29)37(32(34)41)19-23-9-11-26(12-10-23)35-15-16-46-33(35)42/h2-7,9-14,18,22,28,39,43H,8,15-17,19-21H2,1H3/b5-4+/t22-,28-,34+/m0/s1. The maximum atomic E-state index is 14.0. The molecular formula is C34H34N4O8. The number of fused-ring (bicyclic) bond motifs is 2. The van der Waals surface area contributed by atoms with E-state index in [-0.39, 0.29) is 42.8 Å². The second kappa shape index (κ2) is 12.4. The maximum absolute atomic E-state index is 14.0. The first-order valence-corrected chi connectivity index (χ1v) is 15.1. The number of anilines is 2. The Morgan fingerprint density at radius 3 is 2.54 bits per heavy atom. The van der Waals surface area contributed by atoms with Gasteiger partial charge in [0.05, 0.1) is 36.3 Å². The number of nitrogens with zero attached hydrogens (tertiary/aromatic N) is 4. The molecule has 2 N–H and O–H groups in total. The first-order chi connectivity index (χ1) is 22.1. The number of aliphatic hydroxyl groups excluding tert-OH is 1. The number of rotatable bonds is 9. The second-order valence-corrected chi connectivity index (χ2v) is 11.8. The summed E-state index contributed by atoms with van der Waals surface area (Å²) >= 11 is 0. The molecule has 12 nitrogen and oxygen atoms in total. The molecule has 1 saturated heterocycles. The van der Waals surface area contributed by atoms with Gasteiger partial charge in [-0.05, 0) is 41.3 Å². The number of cyclic esters (lactones) is 1. The monoisotopic (exact) mass is 626 g/mol. The van der Waals surface area contributed by atoms with Gasteiger partial charge in [0.2, 0.25) is 5.91 Å². The van der Waals surface area contributed by atoms with Crippen molar-refractivity contribution in [3.8, 4) is 0 Å². The highest BCUT2D eigenvalue weighted by Gasteiger charge is 2.53. The number of non-ortho nitro benzene ring substituents is 1. The zero-order chi connectivity index (χ0) is 32.6. The lowest BCUT2D eigenvalue weighted by Gasteiger charge is -2.36. The molecule has 3 amide bonds. The molecule has 0 aliphatic carbocycles. The lowest BCUT2D eigenvalue weighted by molar-refractivity contribution is -0.385. The van der Waals surface area contributed by atoms with Crippen LogP contribution in [0.1, 0.15) is 35.6 Å². The summed E-state index contributed by atoms with van der Waals surface area (Å²) in [6.45, 7) is 2.65. The minimum absolute atomic E-state index is 0.0182. The number of hydrogen-bond donors (Lipinski definition) is 2. The minimum atomic E-state index is -2.13. The Labute approximate surface area is 265 Å². The molecule has 0 saturated carbocycles. The number of carbonyl (C=O) groups is 3. The van der Waals surface area contributed by atoms with Gasteiger partial charge in [-0.2, -0.15) is 0 Å². The van der Waals surface area contributed by atoms with Crippen LogP contribution in [-0.4, -0.2) is 63.7 Å². The molecule has 0 bridgehead atoms. The molecule has 0 radical (unpaired) electrons. The van der Waals surface area contributed by atoms with Crippen molar-refractivity contribution in [1.29, 1.82) is 0 Å². The van der Waals surface area contributed by atoms with E-state index in [0.717, 1.165) is 11.1 Å². The van der Waals surface area contributed by atoms with Crippen LogP contribution in [0.3, 0.4) is 0 Å². The molecule has 3 atom stereocenters. The van der Waals surface area contributed by atoms with Crippen molar-refractivity contribution in [2.24, 2.45) is 5.92 Å². The summed E-state index contributed by atoms with van der Waals surface area (Å²) in [5, 5.41) is 33.6. The Hall–Kier alpha value is -5.07. The highest BCUT2D eigenvalue weighted by atomic mass is 16.6. The third-order valence-electron chi connectivity index (χ3n) is 9.08. The van der Waals surface area contributed by atoms with E-state index in [0.29, 0.717) is 43.1 Å². The van der Waals surface area contributed by atoms with E-state index in [1.54, 1.807) is 48.2 Å². The predicted octanol–water partition coefficient (Wildman–Crippen LogP) is 3.81. The molecule has 0 aromatic heterocycles. The van der Waals surface area contributed by atoms with Crippen LogP contribution in [0.2, 0.25) is 0 Å². The summed E-state index contributed by atoms with van der Waals surface area (Å²) < 4.78 is 5.00. The molecule has 0 unspecified atom stereocenters. The number of carbonyl (C=O) groups excluding carboxylic acids is 3. The first-order valence-electron chi connectivity index (χ1n) is 15.1. The van der Waals surface area contributed by atoms with Crippen molar-refractivity contribution in [1.82, 2.24) is 4.90 Å². The Morgan fingerprint density at radius 2 is 1.87 bits per heavy atom. The lowest BCUT2D eigenvalue weighted by Crippen LogP contribution is -2.46. The van der Waals surface area contributed by atoms with Gasteiger partial charge in [0, 0.05) is 42.3 Å². The van der Waals surface area contributed by atoms with Gasteiger partial charge in [0.25, 0.3) is 11.6 Å². The largest absolute Gasteiger partial charge is 0.447 e. The van der Waals surface area contributed by atoms with Crippen LogP contribution >= 0.6 is 0 Å². The summed E-state index contributed by atoms with van der Waals surface area (Å²) in [6, 6.07) is 18.4. The average Bonchev–Trinajstić information content (AvgIpc) is 3.59. The fourth-order valence-corrected chi connectivity index (χ4v) is 6.47. The summed E-state index contributed by atoms with van der Waals surface area (Å²) in [5.74, 6) is -1.70. The smallest absolute Gasteiger partial charge is 0.414 e. The number of nitro groups is 1. The van der Waals surface area contributed by atoms with Gasteiger partial charge >= 0.3 is 6.09 Å². The molecule has 46 heavy (non-hydrogen) atoms. The van der Waals surface area contributed by atoms with Crippen molar-refractivity contribution in [3.05, 3.63) is 111 Å². The number of aliphatic hydroxyl groups is 2. The zero-order valence-electron chi connectivity index (χ0n) is 25.2. The average molecular weight is 627 g/mol. The molecule has 3 heterocycles. The topological polar surface area (TPSA) is 154 Å². The van der Waals surface area contributed by atoms with E-state index >= 15 is 0 Å². The predicted molar refractivity (Wildman–Crippen MR) is 168 cm³/mol. The summed E-state index contributed by atoms with van der Waals surface area (Å²) in [7, 11) is 0. The van der Waals surface area contributed by atoms with Crippen LogP contribution in [0, 0.1) is 16.0 Å². The Kier molecular flexibility index (Phi) is 8.32. The molecule has 12 heteroatoms. The number of hydrogen-bond acceptors (Lipinski definition) is 8. The van der Waals surface area contributed by atoms with Crippen LogP contribution < -0.4 is 9.80 Å². The van der Waals surface area contributed by atoms with Crippen LogP contribution in [0.15, 0.2) is 78.9 Å². The number of nitro benzene ring substituents is 1. The Morgan fingerprint density at radius 1 is 1.13 bits per heavy atom. The minimum Gasteiger partial charge on any atom is -0.447 e. The Balaban J connectivity index is 1.22. The molecule has 0 spiro atoms. The third kappa shape index (κ3) is 5.50. The second-order valence-electron chi connectivity index (χ2n) is 11.8. The van der Waals surface area contributed by atoms with Gasteiger partial charge < -0.3 is 24.7 Å². The van der Waals surface area contributed by atoms with Gasteiger partial charge in [-0.3, -0.25) is 24.6 Å². The Bertz CT molecular complexity index is 1720. The number of ether oxygens (including phenoxy) is 1. The molecule has 6 rings (SSSR count). The van der Waals surface area contributed by atoms with Crippen molar-refractivity contribution in [2.75, 3.05) is 29.6 Å². The molecule has 238 valence electrons. The molecular weight excluding hydrogens is 592 g/mol. The van der Waals surface area contributed by atoms with E-state index < -0.39 is 28.4 Å². The van der Waals surface area contributed by atoms with Crippen molar-refractivity contribution >= 4 is 35.0 Å². The van der Waals surface area contributed by atoms with E-state index in [4.69, 9.17) is 4.74 Å². The molecule has 3 aromatic carbocycles. The molecule has 1 fully saturated rings. The third-order valence-corrected chi connectivity index (χ3v) is 9.08. The fraction of sp³-hybridized carbons (Fsp3) is 0.324. The van der Waals surface area contributed by atoms with Gasteiger partial charge in [-0.25, -0.2) is 4.79 Å². The van der Waals surface area contributed by atoms with Crippen LogP contribution in [0.25, 0.3) is 0 Å². The highest BCUT2D eigenvalue weighted by Crippen LogP contribution is 2.47. The summed E-state index contributed by atoms with van der Waals surface area (Å²) in [4.78, 5) is 54.8. The van der Waals surface area contributed by atoms with Crippen molar-refractivity contribution < 1.29 is 34.3 Å². The lowest BCUT2D eigenvalue weighted by atomic mass is 9.82. The molecule has 3 aromatic rings. The van der Waals surface area contributed by atoms with E-state index in [9.17, 15) is 34.7 Å². The normalized spacial score (nSPS) is 21.4. The summed E-state index contributed by atoms with van der Waals surface area (Å²) in [6.07, 6.45) is 3.27. The summed E-state index contributed by atoms with van der Waals surface area (Å²) in [5.41, 5.74) is 1.56. The quantitative estimate of drug-likeness (QED) is 0.207. The van der Waals surface area contributed by atoms with Gasteiger partial charge in [-0.15, -0.1) is 0 Å². The SMILES string of the molecule is C[C@@H](/C=C/CC(=O)N1Cc2ccccc2C[C@H]1CO)[C@]1(O)C(=O)N(Cc2ccc(N3CCOC3=O)cc2)c2ccc([N+](=O)[O-])cc21.